The van der Waals surface area contributed by atoms with Crippen molar-refractivity contribution in [1.82, 2.24) is 9.55 Å². The SMILES string of the molecule is CC(C)c1ccnc(-n2c3[c-]c(Oc4[c-]c(N5[OH+]N(C(C)(C)C)c6ccccc65)ccc4)ccc3c3ccccc32)c1.[Pt]. The molecule has 0 amide bonds. The van der Waals surface area contributed by atoms with Crippen molar-refractivity contribution in [2.24, 2.45) is 0 Å². The number of fused-ring (bicyclic) bond motifs is 4. The van der Waals surface area contributed by atoms with Crippen LogP contribution in [0.1, 0.15) is 46.1 Å². The third-order valence-electron chi connectivity index (χ3n) is 7.58. The summed E-state index contributed by atoms with van der Waals surface area (Å²) in [5, 5.41) is 6.22. The van der Waals surface area contributed by atoms with Crippen LogP contribution in [0.4, 0.5) is 17.1 Å². The number of rotatable bonds is 5. The van der Waals surface area contributed by atoms with Gasteiger partial charge in [0.15, 0.2) is 0 Å². The summed E-state index contributed by atoms with van der Waals surface area (Å²) < 4.78 is 8.56. The van der Waals surface area contributed by atoms with Crippen molar-refractivity contribution in [3.63, 3.8) is 0 Å². The summed E-state index contributed by atoms with van der Waals surface area (Å²) in [6.45, 7) is 10.9. The molecular formula is C36H33N4O2Pt-. The van der Waals surface area contributed by atoms with Gasteiger partial charge in [0.05, 0.1) is 0 Å². The first kappa shape index (κ1) is 29.0. The predicted octanol–water partition coefficient (Wildman–Crippen LogP) is 9.29. The van der Waals surface area contributed by atoms with Crippen molar-refractivity contribution in [3.05, 3.63) is 115 Å². The zero-order valence-electron chi connectivity index (χ0n) is 24.8. The van der Waals surface area contributed by atoms with Crippen molar-refractivity contribution in [3.8, 4) is 17.3 Å². The van der Waals surface area contributed by atoms with Crippen LogP contribution in [-0.4, -0.2) is 20.0 Å². The number of hydrogen-bond donors (Lipinski definition) is 0. The van der Waals surface area contributed by atoms with E-state index in [0.29, 0.717) is 17.4 Å². The maximum Gasteiger partial charge on any atom is 0.145 e. The van der Waals surface area contributed by atoms with E-state index < -0.39 is 0 Å². The zero-order valence-corrected chi connectivity index (χ0v) is 27.0. The van der Waals surface area contributed by atoms with Crippen molar-refractivity contribution < 1.29 is 30.7 Å². The van der Waals surface area contributed by atoms with Gasteiger partial charge in [-0.3, -0.25) is 0 Å². The third kappa shape index (κ3) is 5.20. The number of ether oxygens (including phenoxy) is 1. The van der Waals surface area contributed by atoms with Gasteiger partial charge < -0.3 is 9.30 Å². The van der Waals surface area contributed by atoms with E-state index in [2.05, 4.69) is 106 Å². The van der Waals surface area contributed by atoms with Crippen LogP contribution in [0.3, 0.4) is 0 Å². The molecule has 43 heavy (non-hydrogen) atoms. The van der Waals surface area contributed by atoms with E-state index in [0.717, 1.165) is 44.7 Å². The molecule has 1 aliphatic rings. The molecule has 4 aromatic carbocycles. The molecule has 3 heterocycles. The summed E-state index contributed by atoms with van der Waals surface area (Å²) in [6, 6.07) is 37.8. The molecule has 1 N–H and O–H groups in total. The van der Waals surface area contributed by atoms with E-state index in [-0.39, 0.29) is 26.6 Å². The summed E-state index contributed by atoms with van der Waals surface area (Å²) in [6.07, 6.45) is 1.88. The minimum Gasteiger partial charge on any atom is -0.509 e. The van der Waals surface area contributed by atoms with E-state index in [9.17, 15) is 0 Å². The second-order valence-corrected chi connectivity index (χ2v) is 11.9. The predicted molar refractivity (Wildman–Crippen MR) is 169 cm³/mol. The maximum atomic E-state index is 6.39. The fourth-order valence-corrected chi connectivity index (χ4v) is 5.51. The van der Waals surface area contributed by atoms with Crippen molar-refractivity contribution in [1.29, 1.82) is 0 Å². The zero-order chi connectivity index (χ0) is 29.0. The molecule has 2 aromatic heterocycles. The maximum absolute atomic E-state index is 6.39. The quantitative estimate of drug-likeness (QED) is 0.130. The third-order valence-corrected chi connectivity index (χ3v) is 7.58. The Bertz CT molecular complexity index is 1940. The van der Waals surface area contributed by atoms with Crippen molar-refractivity contribution in [2.75, 3.05) is 10.1 Å². The first-order valence-corrected chi connectivity index (χ1v) is 14.3. The Kier molecular flexibility index (Phi) is 7.53. The number of nitrogens with zero attached hydrogens (tertiary/aromatic N) is 4. The monoisotopic (exact) mass is 748 g/mol. The Balaban J connectivity index is 0.00000329. The molecule has 0 fully saturated rings. The number of benzene rings is 4. The molecule has 0 saturated carbocycles. The summed E-state index contributed by atoms with van der Waals surface area (Å²) in [5.74, 6) is 2.46. The van der Waals surface area contributed by atoms with Gasteiger partial charge in [0.25, 0.3) is 0 Å². The topological polar surface area (TPSA) is 46.3 Å². The van der Waals surface area contributed by atoms with E-state index in [4.69, 9.17) is 14.7 Å². The van der Waals surface area contributed by atoms with E-state index in [1.807, 2.05) is 52.7 Å². The Morgan fingerprint density at radius 2 is 1.53 bits per heavy atom. The molecule has 220 valence electrons. The van der Waals surface area contributed by atoms with Crippen molar-refractivity contribution >= 4 is 38.9 Å². The van der Waals surface area contributed by atoms with Gasteiger partial charge in [-0.05, 0) is 68.0 Å². The number of pyridine rings is 1. The van der Waals surface area contributed by atoms with Gasteiger partial charge in [-0.1, -0.05) is 49.7 Å². The van der Waals surface area contributed by atoms with Crippen LogP contribution in [0.15, 0.2) is 97.2 Å². The van der Waals surface area contributed by atoms with E-state index >= 15 is 0 Å². The Hall–Kier alpha value is -4.12. The van der Waals surface area contributed by atoms with Crippen LogP contribution in [0.2, 0.25) is 0 Å². The molecule has 0 saturated heterocycles. The van der Waals surface area contributed by atoms with Gasteiger partial charge >= 0.3 is 0 Å². The Labute approximate surface area is 266 Å². The van der Waals surface area contributed by atoms with Crippen LogP contribution in [0, 0.1) is 12.1 Å². The number of aromatic nitrogens is 2. The molecule has 0 radical (unpaired) electrons. The molecule has 7 rings (SSSR count). The average molecular weight is 749 g/mol. The molecule has 1 aliphatic heterocycles. The molecule has 0 bridgehead atoms. The van der Waals surface area contributed by atoms with Gasteiger partial charge in [0, 0.05) is 50.0 Å². The Morgan fingerprint density at radius 3 is 2.33 bits per heavy atom. The molecule has 0 unspecified atom stereocenters. The van der Waals surface area contributed by atoms with Crippen molar-refractivity contribution in [2.45, 2.75) is 46.1 Å². The van der Waals surface area contributed by atoms with E-state index in [1.165, 1.54) is 5.56 Å². The molecular weight excluding hydrogens is 716 g/mol. The molecule has 0 spiro atoms. The Morgan fingerprint density at radius 1 is 0.791 bits per heavy atom. The van der Waals surface area contributed by atoms with Crippen LogP contribution in [0.5, 0.6) is 11.5 Å². The van der Waals surface area contributed by atoms with E-state index in [1.54, 1.807) is 0 Å². The standard InChI is InChI=1S/C36H32N4O2.Pt/c1-24(2)25-19-20-37-35(21-25)38-31-14-7-6-13-29(31)30-18-17-28(23-34(30)38)41-27-12-10-11-26(22-27)39-32-15-8-9-16-33(32)40(42-39)36(3,4)5;/h6-21,24H,1-5H3;/q-2;/p+1. The molecule has 6 nitrogen and oxygen atoms in total. The number of hydroxylamine groups is 1. The summed E-state index contributed by atoms with van der Waals surface area (Å²) in [7, 11) is 0. The number of hydrogen-bond acceptors (Lipinski definition) is 4. The average Bonchev–Trinajstić information content (AvgIpc) is 3.54. The first-order valence-electron chi connectivity index (χ1n) is 14.3. The second-order valence-electron chi connectivity index (χ2n) is 11.9. The van der Waals surface area contributed by atoms with Gasteiger partial charge in [0.2, 0.25) is 0 Å². The summed E-state index contributed by atoms with van der Waals surface area (Å²) in [5.41, 5.74) is 5.94. The van der Waals surface area contributed by atoms with Crippen LogP contribution in [0.25, 0.3) is 27.6 Å². The minimum atomic E-state index is -0.175. The van der Waals surface area contributed by atoms with Gasteiger partial charge in [0.1, 0.15) is 22.7 Å². The van der Waals surface area contributed by atoms with Gasteiger partial charge in [-0.2, -0.15) is 17.1 Å². The minimum absolute atomic E-state index is 0. The van der Waals surface area contributed by atoms with Crippen LogP contribution < -0.4 is 14.9 Å². The molecule has 0 aliphatic carbocycles. The van der Waals surface area contributed by atoms with Gasteiger partial charge in [-0.25, -0.2) is 4.98 Å². The first-order chi connectivity index (χ1) is 20.3. The fourth-order valence-electron chi connectivity index (χ4n) is 5.51. The largest absolute Gasteiger partial charge is 0.509 e. The smallest absolute Gasteiger partial charge is 0.145 e. The number of para-hydroxylation sites is 3. The number of anilines is 3. The molecule has 7 heteroatoms. The van der Waals surface area contributed by atoms with Crippen LogP contribution in [-0.2, 0) is 21.1 Å². The molecule has 0 atom stereocenters. The summed E-state index contributed by atoms with van der Waals surface area (Å²) >= 11 is 0. The second kappa shape index (κ2) is 11.2. The summed E-state index contributed by atoms with van der Waals surface area (Å²) in [4.78, 5) is 9.69. The van der Waals surface area contributed by atoms with Crippen LogP contribution >= 0.6 is 0 Å². The van der Waals surface area contributed by atoms with Gasteiger partial charge in [-0.15, -0.1) is 45.8 Å². The normalized spacial score (nSPS) is 13.1. The fraction of sp³-hybridized carbons (Fsp3) is 0.194. The molecule has 6 aromatic rings.